The first-order valence-electron chi connectivity index (χ1n) is 5.66. The Hall–Kier alpha value is -2.86. The summed E-state index contributed by atoms with van der Waals surface area (Å²) in [6.07, 6.45) is 5.36. The van der Waals surface area contributed by atoms with E-state index >= 15 is 0 Å². The number of terminal acetylenes is 1. The minimum Gasteiger partial charge on any atom is -0.507 e. The van der Waals surface area contributed by atoms with Gasteiger partial charge in [0.25, 0.3) is 0 Å². The van der Waals surface area contributed by atoms with Crippen molar-refractivity contribution < 1.29 is 14.7 Å². The Bertz CT molecular complexity index is 779. The number of phenols is 1. The van der Waals surface area contributed by atoms with Crippen LogP contribution in [0.15, 0.2) is 36.4 Å². The molecule has 0 unspecified atom stereocenters. The number of benzene rings is 2. The standard InChI is InChI=1S/C16H8O3/c1-2-9-7-8-12(17)14-13(9)15(18)10-5-3-4-6-11(10)16(14)19/h1,3-8,17H. The average molecular weight is 248 g/mol. The molecule has 19 heavy (non-hydrogen) atoms. The van der Waals surface area contributed by atoms with E-state index in [-0.39, 0.29) is 28.4 Å². The Kier molecular flexibility index (Phi) is 2.26. The fourth-order valence-electron chi connectivity index (χ4n) is 2.33. The Morgan fingerprint density at radius 3 is 2.05 bits per heavy atom. The molecule has 0 atom stereocenters. The smallest absolute Gasteiger partial charge is 0.198 e. The van der Waals surface area contributed by atoms with E-state index < -0.39 is 0 Å². The molecule has 0 radical (unpaired) electrons. The second kappa shape index (κ2) is 3.82. The third-order valence-electron chi connectivity index (χ3n) is 3.21. The number of rotatable bonds is 0. The number of hydrogen-bond acceptors (Lipinski definition) is 3. The summed E-state index contributed by atoms with van der Waals surface area (Å²) in [5, 5.41) is 9.85. The molecule has 0 bridgehead atoms. The first kappa shape index (κ1) is 11.2. The van der Waals surface area contributed by atoms with Gasteiger partial charge in [0.15, 0.2) is 11.6 Å². The lowest BCUT2D eigenvalue weighted by Gasteiger charge is -2.19. The number of carbonyl (C=O) groups is 2. The molecule has 3 heteroatoms. The van der Waals surface area contributed by atoms with E-state index in [0.29, 0.717) is 16.7 Å². The Balaban J connectivity index is 2.43. The van der Waals surface area contributed by atoms with Gasteiger partial charge in [-0.2, -0.15) is 0 Å². The fourth-order valence-corrected chi connectivity index (χ4v) is 2.33. The molecule has 0 saturated heterocycles. The molecule has 2 aromatic rings. The van der Waals surface area contributed by atoms with Crippen molar-refractivity contribution in [3.63, 3.8) is 0 Å². The summed E-state index contributed by atoms with van der Waals surface area (Å²) in [6, 6.07) is 9.33. The van der Waals surface area contributed by atoms with Gasteiger partial charge in [-0.15, -0.1) is 6.42 Å². The van der Waals surface area contributed by atoms with Gasteiger partial charge in [-0.25, -0.2) is 0 Å². The molecule has 2 aromatic carbocycles. The van der Waals surface area contributed by atoms with E-state index in [1.54, 1.807) is 24.3 Å². The molecular weight excluding hydrogens is 240 g/mol. The van der Waals surface area contributed by atoms with Crippen LogP contribution in [0.5, 0.6) is 5.75 Å². The van der Waals surface area contributed by atoms with Crippen molar-refractivity contribution in [3.05, 3.63) is 64.2 Å². The van der Waals surface area contributed by atoms with E-state index in [0.717, 1.165) is 0 Å². The maximum atomic E-state index is 12.4. The first-order chi connectivity index (χ1) is 9.15. The summed E-state index contributed by atoms with van der Waals surface area (Å²) in [4.78, 5) is 24.8. The van der Waals surface area contributed by atoms with Crippen molar-refractivity contribution in [1.82, 2.24) is 0 Å². The van der Waals surface area contributed by atoms with Crippen LogP contribution >= 0.6 is 0 Å². The number of aromatic hydroxyl groups is 1. The zero-order valence-corrected chi connectivity index (χ0v) is 9.81. The number of carbonyl (C=O) groups excluding carboxylic acids is 2. The lowest BCUT2D eigenvalue weighted by molar-refractivity contribution is 0.0976. The highest BCUT2D eigenvalue weighted by Gasteiger charge is 2.33. The highest BCUT2D eigenvalue weighted by molar-refractivity contribution is 6.30. The maximum absolute atomic E-state index is 12.4. The quantitative estimate of drug-likeness (QED) is 0.620. The third-order valence-corrected chi connectivity index (χ3v) is 3.21. The normalized spacial score (nSPS) is 12.6. The van der Waals surface area contributed by atoms with Crippen LogP contribution in [-0.4, -0.2) is 16.7 Å². The topological polar surface area (TPSA) is 54.4 Å². The zero-order valence-electron chi connectivity index (χ0n) is 9.81. The molecule has 1 aliphatic rings. The maximum Gasteiger partial charge on any atom is 0.198 e. The highest BCUT2D eigenvalue weighted by Crippen LogP contribution is 2.34. The SMILES string of the molecule is C#Cc1ccc(O)c2c1C(=O)c1ccccc1C2=O. The number of fused-ring (bicyclic) bond motifs is 2. The van der Waals surface area contributed by atoms with Gasteiger partial charge in [-0.3, -0.25) is 9.59 Å². The third kappa shape index (κ3) is 1.40. The van der Waals surface area contributed by atoms with E-state index in [4.69, 9.17) is 6.42 Å². The average Bonchev–Trinajstić information content (AvgIpc) is 2.44. The molecule has 3 rings (SSSR count). The van der Waals surface area contributed by atoms with Gasteiger partial charge in [-0.1, -0.05) is 30.2 Å². The van der Waals surface area contributed by atoms with Gasteiger partial charge in [0, 0.05) is 16.7 Å². The molecule has 1 N–H and O–H groups in total. The summed E-state index contributed by atoms with van der Waals surface area (Å²) >= 11 is 0. The lowest BCUT2D eigenvalue weighted by atomic mass is 9.81. The second-order valence-electron chi connectivity index (χ2n) is 4.23. The predicted molar refractivity (Wildman–Crippen MR) is 69.3 cm³/mol. The minimum absolute atomic E-state index is 0.000787. The molecule has 0 heterocycles. The monoisotopic (exact) mass is 248 g/mol. The van der Waals surface area contributed by atoms with Gasteiger partial charge in [0.1, 0.15) is 5.75 Å². The van der Waals surface area contributed by atoms with Gasteiger partial charge >= 0.3 is 0 Å². The van der Waals surface area contributed by atoms with Gasteiger partial charge in [0.2, 0.25) is 0 Å². The number of ketones is 2. The molecule has 0 spiro atoms. The second-order valence-corrected chi connectivity index (χ2v) is 4.23. The fraction of sp³-hybridized carbons (Fsp3) is 0. The van der Waals surface area contributed by atoms with Gasteiger partial charge in [-0.05, 0) is 12.1 Å². The van der Waals surface area contributed by atoms with Crippen LogP contribution in [0.25, 0.3) is 0 Å². The van der Waals surface area contributed by atoms with Crippen molar-refractivity contribution in [2.24, 2.45) is 0 Å². The van der Waals surface area contributed by atoms with Crippen LogP contribution in [0.4, 0.5) is 0 Å². The molecule has 0 saturated carbocycles. The minimum atomic E-state index is -0.375. The molecule has 0 aromatic heterocycles. The summed E-state index contributed by atoms with van der Waals surface area (Å²) in [6.45, 7) is 0. The molecular formula is C16H8O3. The number of phenolic OH excluding ortho intramolecular Hbond substituents is 1. The highest BCUT2D eigenvalue weighted by atomic mass is 16.3. The molecule has 0 aliphatic heterocycles. The predicted octanol–water partition coefficient (Wildman–Crippen LogP) is 2.15. The zero-order chi connectivity index (χ0) is 13.6. The van der Waals surface area contributed by atoms with E-state index in [1.807, 2.05) is 0 Å². The largest absolute Gasteiger partial charge is 0.507 e. The van der Waals surface area contributed by atoms with Crippen LogP contribution in [0, 0.1) is 12.3 Å². The molecule has 1 aliphatic carbocycles. The van der Waals surface area contributed by atoms with E-state index in [2.05, 4.69) is 5.92 Å². The summed E-state index contributed by atoms with van der Waals surface area (Å²) in [7, 11) is 0. The van der Waals surface area contributed by atoms with Crippen LogP contribution < -0.4 is 0 Å². The number of hydrogen-bond donors (Lipinski definition) is 1. The molecule has 0 fully saturated rings. The van der Waals surface area contributed by atoms with Gasteiger partial charge in [0.05, 0.1) is 11.1 Å². The summed E-state index contributed by atoms with van der Waals surface area (Å²) in [5.74, 6) is 1.46. The molecule has 0 amide bonds. The van der Waals surface area contributed by atoms with Crippen molar-refractivity contribution in [2.45, 2.75) is 0 Å². The van der Waals surface area contributed by atoms with Crippen molar-refractivity contribution in [3.8, 4) is 18.1 Å². The van der Waals surface area contributed by atoms with Crippen LogP contribution in [0.2, 0.25) is 0 Å². The first-order valence-corrected chi connectivity index (χ1v) is 5.66. The Morgan fingerprint density at radius 2 is 1.47 bits per heavy atom. The van der Waals surface area contributed by atoms with E-state index in [9.17, 15) is 14.7 Å². The van der Waals surface area contributed by atoms with Crippen molar-refractivity contribution in [2.75, 3.05) is 0 Å². The lowest BCUT2D eigenvalue weighted by Crippen LogP contribution is -2.22. The Labute approximate surface area is 109 Å². The summed E-state index contributed by atoms with van der Waals surface area (Å²) in [5.41, 5.74) is 1.05. The van der Waals surface area contributed by atoms with Gasteiger partial charge < -0.3 is 5.11 Å². The Morgan fingerprint density at radius 1 is 0.895 bits per heavy atom. The molecule has 3 nitrogen and oxygen atoms in total. The van der Waals surface area contributed by atoms with Crippen LogP contribution in [0.3, 0.4) is 0 Å². The summed E-state index contributed by atoms with van der Waals surface area (Å²) < 4.78 is 0. The van der Waals surface area contributed by atoms with Crippen LogP contribution in [-0.2, 0) is 0 Å². The molecule has 90 valence electrons. The van der Waals surface area contributed by atoms with Crippen molar-refractivity contribution >= 4 is 11.6 Å². The van der Waals surface area contributed by atoms with Crippen molar-refractivity contribution in [1.29, 1.82) is 0 Å². The van der Waals surface area contributed by atoms with E-state index in [1.165, 1.54) is 12.1 Å². The van der Waals surface area contributed by atoms with Crippen LogP contribution in [0.1, 0.15) is 37.4 Å².